The Balaban J connectivity index is 2.95. The van der Waals surface area contributed by atoms with Gasteiger partial charge in [-0.1, -0.05) is 11.8 Å². The number of hydrogen-bond acceptors (Lipinski definition) is 3. The first-order valence-corrected chi connectivity index (χ1v) is 4.50. The van der Waals surface area contributed by atoms with Gasteiger partial charge in [-0.15, -0.1) is 0 Å². The normalized spacial score (nSPS) is 9.20. The lowest BCUT2D eigenvalue weighted by molar-refractivity contribution is -0.384. The van der Waals surface area contributed by atoms with E-state index in [9.17, 15) is 10.1 Å². The van der Waals surface area contributed by atoms with Gasteiger partial charge in [-0.3, -0.25) is 10.1 Å². The van der Waals surface area contributed by atoms with Gasteiger partial charge in [0, 0.05) is 24.1 Å². The van der Waals surface area contributed by atoms with Crippen molar-refractivity contribution in [3.05, 3.63) is 39.4 Å². The molecule has 0 spiro atoms. The Morgan fingerprint density at radius 1 is 1.53 bits per heavy atom. The number of aliphatic hydroxyl groups is 1. The van der Waals surface area contributed by atoms with Gasteiger partial charge in [0.25, 0.3) is 5.69 Å². The van der Waals surface area contributed by atoms with E-state index in [-0.39, 0.29) is 12.3 Å². The fraction of sp³-hybridized carbons (Fsp3) is 0.273. The Bertz CT molecular complexity index is 429. The smallest absolute Gasteiger partial charge is 0.269 e. The third-order valence-corrected chi connectivity index (χ3v) is 1.88. The van der Waals surface area contributed by atoms with Crippen molar-refractivity contribution >= 4 is 5.69 Å². The summed E-state index contributed by atoms with van der Waals surface area (Å²) in [6.45, 7) is 1.80. The second-order valence-electron chi connectivity index (χ2n) is 3.03. The third-order valence-electron chi connectivity index (χ3n) is 1.88. The maximum atomic E-state index is 10.5. The Kier molecular flexibility index (Phi) is 3.83. The number of rotatable bonds is 2. The van der Waals surface area contributed by atoms with Gasteiger partial charge in [-0.25, -0.2) is 0 Å². The van der Waals surface area contributed by atoms with Gasteiger partial charge in [-0.05, 0) is 18.6 Å². The summed E-state index contributed by atoms with van der Waals surface area (Å²) in [6, 6.07) is 4.54. The summed E-state index contributed by atoms with van der Waals surface area (Å²) < 4.78 is 0. The van der Waals surface area contributed by atoms with Crippen LogP contribution in [-0.2, 0) is 0 Å². The standard InChI is InChI=1S/C11H11NO3/c1-9-8-11(12(14)15)6-5-10(9)4-2-3-7-13/h5-6,8,13H,3,7H2,1H3. The van der Waals surface area contributed by atoms with Crippen LogP contribution in [0.4, 0.5) is 5.69 Å². The highest BCUT2D eigenvalue weighted by Crippen LogP contribution is 2.16. The van der Waals surface area contributed by atoms with Crippen LogP contribution < -0.4 is 0 Å². The fourth-order valence-corrected chi connectivity index (χ4v) is 1.12. The fourth-order valence-electron chi connectivity index (χ4n) is 1.12. The maximum Gasteiger partial charge on any atom is 0.269 e. The van der Waals surface area contributed by atoms with E-state index in [2.05, 4.69) is 11.8 Å². The zero-order valence-corrected chi connectivity index (χ0v) is 8.36. The Hall–Kier alpha value is -1.86. The van der Waals surface area contributed by atoms with Crippen molar-refractivity contribution in [3.8, 4) is 11.8 Å². The van der Waals surface area contributed by atoms with Crippen molar-refractivity contribution in [3.63, 3.8) is 0 Å². The minimum Gasteiger partial charge on any atom is -0.395 e. The molecule has 78 valence electrons. The molecule has 0 heterocycles. The van der Waals surface area contributed by atoms with Gasteiger partial charge in [0.2, 0.25) is 0 Å². The molecule has 0 bridgehead atoms. The van der Waals surface area contributed by atoms with Crippen LogP contribution in [0.2, 0.25) is 0 Å². The minimum absolute atomic E-state index is 0.0268. The Morgan fingerprint density at radius 3 is 2.80 bits per heavy atom. The van der Waals surface area contributed by atoms with Gasteiger partial charge < -0.3 is 5.11 Å². The van der Waals surface area contributed by atoms with Gasteiger partial charge in [0.1, 0.15) is 0 Å². The molecule has 0 saturated heterocycles. The molecule has 0 atom stereocenters. The molecule has 1 aromatic rings. The summed E-state index contributed by atoms with van der Waals surface area (Å²) >= 11 is 0. The first-order valence-electron chi connectivity index (χ1n) is 4.50. The molecule has 1 N–H and O–H groups in total. The van der Waals surface area contributed by atoms with E-state index in [0.29, 0.717) is 6.42 Å². The predicted molar refractivity (Wildman–Crippen MR) is 56.4 cm³/mol. The lowest BCUT2D eigenvalue weighted by Crippen LogP contribution is -1.90. The molecule has 15 heavy (non-hydrogen) atoms. The highest BCUT2D eigenvalue weighted by molar-refractivity contribution is 5.47. The molecular weight excluding hydrogens is 194 g/mol. The maximum absolute atomic E-state index is 10.5. The first kappa shape index (κ1) is 11.2. The highest BCUT2D eigenvalue weighted by Gasteiger charge is 2.06. The molecule has 0 aliphatic carbocycles. The summed E-state index contributed by atoms with van der Waals surface area (Å²) in [6.07, 6.45) is 0.413. The number of nitro groups is 1. The van der Waals surface area contributed by atoms with Crippen LogP contribution in [0, 0.1) is 28.9 Å². The average molecular weight is 205 g/mol. The largest absolute Gasteiger partial charge is 0.395 e. The van der Waals surface area contributed by atoms with Crippen LogP contribution in [-0.4, -0.2) is 16.6 Å². The number of hydrogen-bond donors (Lipinski definition) is 1. The van der Waals surface area contributed by atoms with E-state index in [1.165, 1.54) is 12.1 Å². The van der Waals surface area contributed by atoms with E-state index < -0.39 is 4.92 Å². The molecule has 0 fully saturated rings. The predicted octanol–water partition coefficient (Wildman–Crippen LogP) is 1.64. The molecule has 0 unspecified atom stereocenters. The second kappa shape index (κ2) is 5.13. The van der Waals surface area contributed by atoms with Gasteiger partial charge in [0.05, 0.1) is 11.5 Å². The van der Waals surface area contributed by atoms with E-state index in [4.69, 9.17) is 5.11 Å². The summed E-state index contributed by atoms with van der Waals surface area (Å²) in [5.41, 5.74) is 1.60. The zero-order chi connectivity index (χ0) is 11.3. The molecule has 4 nitrogen and oxygen atoms in total. The van der Waals surface area contributed by atoms with Crippen molar-refractivity contribution in [2.24, 2.45) is 0 Å². The first-order chi connectivity index (χ1) is 7.15. The van der Waals surface area contributed by atoms with E-state index in [1.807, 2.05) is 0 Å². The van der Waals surface area contributed by atoms with Crippen LogP contribution >= 0.6 is 0 Å². The lowest BCUT2D eigenvalue weighted by atomic mass is 10.1. The quantitative estimate of drug-likeness (QED) is 0.453. The number of nitrogens with zero attached hydrogens (tertiary/aromatic N) is 1. The third kappa shape index (κ3) is 3.08. The zero-order valence-electron chi connectivity index (χ0n) is 8.36. The molecule has 0 aliphatic heterocycles. The van der Waals surface area contributed by atoms with E-state index in [0.717, 1.165) is 11.1 Å². The minimum atomic E-state index is -0.433. The summed E-state index contributed by atoms with van der Waals surface area (Å²) in [7, 11) is 0. The second-order valence-corrected chi connectivity index (χ2v) is 3.03. The van der Waals surface area contributed by atoms with Gasteiger partial charge >= 0.3 is 0 Å². The average Bonchev–Trinajstić information content (AvgIpc) is 2.20. The van der Waals surface area contributed by atoms with Crippen molar-refractivity contribution in [1.82, 2.24) is 0 Å². The Labute approximate surface area is 87.7 Å². The highest BCUT2D eigenvalue weighted by atomic mass is 16.6. The molecule has 0 aromatic heterocycles. The number of non-ortho nitro benzene ring substituents is 1. The van der Waals surface area contributed by atoms with Crippen molar-refractivity contribution in [1.29, 1.82) is 0 Å². The van der Waals surface area contributed by atoms with Crippen LogP contribution in [0.1, 0.15) is 17.5 Å². The number of benzene rings is 1. The van der Waals surface area contributed by atoms with Crippen LogP contribution in [0.25, 0.3) is 0 Å². The topological polar surface area (TPSA) is 63.4 Å². The summed E-state index contributed by atoms with van der Waals surface area (Å²) in [5, 5.41) is 19.0. The number of aryl methyl sites for hydroxylation is 1. The van der Waals surface area contributed by atoms with Crippen LogP contribution in [0.5, 0.6) is 0 Å². The van der Waals surface area contributed by atoms with Crippen LogP contribution in [0.15, 0.2) is 18.2 Å². The SMILES string of the molecule is Cc1cc([N+](=O)[O-])ccc1C#CCCO. The molecule has 1 rings (SSSR count). The lowest BCUT2D eigenvalue weighted by Gasteiger charge is -1.97. The van der Waals surface area contributed by atoms with Crippen molar-refractivity contribution in [2.75, 3.05) is 6.61 Å². The Morgan fingerprint density at radius 2 is 2.27 bits per heavy atom. The van der Waals surface area contributed by atoms with Crippen LogP contribution in [0.3, 0.4) is 0 Å². The number of nitro benzene ring substituents is 1. The monoisotopic (exact) mass is 205 g/mol. The summed E-state index contributed by atoms with van der Waals surface area (Å²) in [5.74, 6) is 5.62. The molecule has 0 saturated carbocycles. The van der Waals surface area contributed by atoms with Crippen molar-refractivity contribution < 1.29 is 10.0 Å². The van der Waals surface area contributed by atoms with Crippen molar-refractivity contribution in [2.45, 2.75) is 13.3 Å². The van der Waals surface area contributed by atoms with E-state index in [1.54, 1.807) is 13.0 Å². The van der Waals surface area contributed by atoms with Gasteiger partial charge in [0.15, 0.2) is 0 Å². The molecular formula is C11H11NO3. The molecule has 1 aromatic carbocycles. The van der Waals surface area contributed by atoms with Gasteiger partial charge in [-0.2, -0.15) is 0 Å². The molecule has 0 amide bonds. The van der Waals surface area contributed by atoms with E-state index >= 15 is 0 Å². The summed E-state index contributed by atoms with van der Waals surface area (Å²) in [4.78, 5) is 10.0. The molecule has 0 radical (unpaired) electrons. The molecule has 0 aliphatic rings. The molecule has 4 heteroatoms. The number of aliphatic hydroxyl groups excluding tert-OH is 1.